The van der Waals surface area contributed by atoms with Gasteiger partial charge in [-0.25, -0.2) is 0 Å². The van der Waals surface area contributed by atoms with Crippen molar-refractivity contribution in [2.75, 3.05) is 71.7 Å². The molecule has 0 aliphatic carbocycles. The Kier molecular flexibility index (Phi) is 10.8. The third-order valence-corrected chi connectivity index (χ3v) is 7.33. The maximum absolute atomic E-state index is 11.8. The van der Waals surface area contributed by atoms with Crippen LogP contribution in [0.4, 0.5) is 5.69 Å². The second kappa shape index (κ2) is 14.3. The monoisotopic (exact) mass is 528 g/mol. The molecule has 2 aliphatic rings. The van der Waals surface area contributed by atoms with E-state index in [9.17, 15) is 5.11 Å². The van der Waals surface area contributed by atoms with Gasteiger partial charge in [-0.3, -0.25) is 0 Å². The normalized spacial score (nSPS) is 22.1. The van der Waals surface area contributed by atoms with Crippen molar-refractivity contribution in [2.45, 2.75) is 44.7 Å². The van der Waals surface area contributed by atoms with E-state index < -0.39 is 5.60 Å². The number of nitrogens with one attached hydrogen (secondary N) is 1. The van der Waals surface area contributed by atoms with Gasteiger partial charge in [-0.1, -0.05) is 37.3 Å². The molecule has 3 atom stereocenters. The van der Waals surface area contributed by atoms with Gasteiger partial charge < -0.3 is 39.0 Å². The fourth-order valence-corrected chi connectivity index (χ4v) is 5.21. The Hall–Kier alpha value is -2.20. The summed E-state index contributed by atoms with van der Waals surface area (Å²) in [5.74, 6) is 1.26. The minimum absolute atomic E-state index is 0.356. The minimum atomic E-state index is -1.05. The van der Waals surface area contributed by atoms with E-state index in [0.29, 0.717) is 51.9 Å². The smallest absolute Gasteiger partial charge is 0.142 e. The van der Waals surface area contributed by atoms with E-state index in [-0.39, 0.29) is 6.10 Å². The van der Waals surface area contributed by atoms with Crippen LogP contribution in [0.2, 0.25) is 0 Å². The first kappa shape index (κ1) is 28.8. The predicted molar refractivity (Wildman–Crippen MR) is 148 cm³/mol. The van der Waals surface area contributed by atoms with Crippen LogP contribution in [0, 0.1) is 5.92 Å². The molecule has 0 aromatic heterocycles. The largest absolute Gasteiger partial charge is 0.490 e. The minimum Gasteiger partial charge on any atom is -0.490 e. The van der Waals surface area contributed by atoms with Crippen LogP contribution in [-0.2, 0) is 37.8 Å². The molecule has 0 bridgehead atoms. The Morgan fingerprint density at radius 1 is 1.08 bits per heavy atom. The molecule has 8 heteroatoms. The maximum atomic E-state index is 11.8. The topological polar surface area (TPSA) is 81.7 Å². The van der Waals surface area contributed by atoms with E-state index in [4.69, 9.17) is 23.7 Å². The summed E-state index contributed by atoms with van der Waals surface area (Å²) in [4.78, 5) is 2.35. The first-order valence-corrected chi connectivity index (χ1v) is 13.7. The second-order valence-electron chi connectivity index (χ2n) is 10.4. The van der Waals surface area contributed by atoms with Crippen molar-refractivity contribution in [3.63, 3.8) is 0 Å². The van der Waals surface area contributed by atoms with Gasteiger partial charge in [-0.15, -0.1) is 0 Å². The molecule has 1 unspecified atom stereocenters. The third-order valence-electron chi connectivity index (χ3n) is 7.33. The third kappa shape index (κ3) is 7.46. The van der Waals surface area contributed by atoms with E-state index >= 15 is 0 Å². The lowest BCUT2D eigenvalue weighted by Crippen LogP contribution is -2.53. The summed E-state index contributed by atoms with van der Waals surface area (Å²) < 4.78 is 28.5. The molecular weight excluding hydrogens is 484 g/mol. The van der Waals surface area contributed by atoms with Crippen LogP contribution in [0.3, 0.4) is 0 Å². The van der Waals surface area contributed by atoms with E-state index in [2.05, 4.69) is 29.3 Å². The molecule has 1 fully saturated rings. The molecule has 0 radical (unpaired) electrons. The molecule has 0 saturated carbocycles. The summed E-state index contributed by atoms with van der Waals surface area (Å²) in [7, 11) is 3.44. The van der Waals surface area contributed by atoms with Crippen LogP contribution in [-0.4, -0.2) is 78.0 Å². The molecule has 8 nitrogen and oxygen atoms in total. The molecule has 0 spiro atoms. The van der Waals surface area contributed by atoms with Gasteiger partial charge >= 0.3 is 0 Å². The van der Waals surface area contributed by atoms with Gasteiger partial charge in [0, 0.05) is 39.8 Å². The Morgan fingerprint density at radius 2 is 1.89 bits per heavy atom. The molecule has 2 N–H and O–H groups in total. The molecule has 1 saturated heterocycles. The fourth-order valence-electron chi connectivity index (χ4n) is 5.21. The van der Waals surface area contributed by atoms with Crippen LogP contribution in [0.5, 0.6) is 5.75 Å². The standard InChI is InChI=1S/C30H44N2O6/c1-23(19-35-3)20-36-21-24-5-8-26(9-6-24)30(33)11-12-31-18-29(30)38-22-25-7-10-28-27(17-25)32(14-16-37-28)13-4-15-34-2/h5-10,17,23,29,31,33H,4,11-16,18-22H2,1-3H3/t23?,29-,30-/m0/s1. The van der Waals surface area contributed by atoms with Crippen molar-refractivity contribution >= 4 is 5.69 Å². The van der Waals surface area contributed by atoms with Crippen molar-refractivity contribution in [2.24, 2.45) is 5.92 Å². The number of piperidine rings is 1. The highest BCUT2D eigenvalue weighted by molar-refractivity contribution is 5.61. The van der Waals surface area contributed by atoms with Crippen LogP contribution in [0.15, 0.2) is 42.5 Å². The zero-order valence-electron chi connectivity index (χ0n) is 23.1. The van der Waals surface area contributed by atoms with Gasteiger partial charge in [0.1, 0.15) is 24.1 Å². The molecular formula is C30H44N2O6. The summed E-state index contributed by atoms with van der Waals surface area (Å²) in [5.41, 5.74) is 3.07. The van der Waals surface area contributed by atoms with Gasteiger partial charge in [0.05, 0.1) is 38.7 Å². The molecule has 2 heterocycles. The summed E-state index contributed by atoms with van der Waals surface area (Å²) in [6.07, 6.45) is 1.20. The molecule has 2 aliphatic heterocycles. The van der Waals surface area contributed by atoms with Crippen molar-refractivity contribution in [1.29, 1.82) is 0 Å². The Labute approximate surface area is 227 Å². The lowest BCUT2D eigenvalue weighted by Gasteiger charge is -2.40. The van der Waals surface area contributed by atoms with Gasteiger partial charge in [0.2, 0.25) is 0 Å². The highest BCUT2D eigenvalue weighted by atomic mass is 16.5. The number of fused-ring (bicyclic) bond motifs is 1. The van der Waals surface area contributed by atoms with Crippen molar-refractivity contribution in [1.82, 2.24) is 5.32 Å². The second-order valence-corrected chi connectivity index (χ2v) is 10.4. The molecule has 0 amide bonds. The van der Waals surface area contributed by atoms with Crippen LogP contribution in [0.1, 0.15) is 36.5 Å². The van der Waals surface area contributed by atoms with Gasteiger partial charge in [-0.05, 0) is 48.2 Å². The Morgan fingerprint density at radius 3 is 2.68 bits per heavy atom. The number of nitrogens with zero attached hydrogens (tertiary/aromatic N) is 1. The van der Waals surface area contributed by atoms with E-state index in [1.54, 1.807) is 14.2 Å². The summed E-state index contributed by atoms with van der Waals surface area (Å²) in [6, 6.07) is 14.3. The quantitative estimate of drug-likeness (QED) is 0.361. The lowest BCUT2D eigenvalue weighted by molar-refractivity contribution is -0.134. The van der Waals surface area contributed by atoms with Gasteiger partial charge in [0.25, 0.3) is 0 Å². The van der Waals surface area contributed by atoms with Crippen molar-refractivity contribution in [3.05, 3.63) is 59.2 Å². The number of ether oxygens (including phenoxy) is 5. The van der Waals surface area contributed by atoms with Crippen molar-refractivity contribution < 1.29 is 28.8 Å². The zero-order chi connectivity index (χ0) is 26.8. The lowest BCUT2D eigenvalue weighted by atomic mass is 9.82. The first-order valence-electron chi connectivity index (χ1n) is 13.7. The maximum Gasteiger partial charge on any atom is 0.142 e. The molecule has 210 valence electrons. The number of hydrogen-bond acceptors (Lipinski definition) is 8. The Bertz CT molecular complexity index is 987. The average molecular weight is 529 g/mol. The highest BCUT2D eigenvalue weighted by Gasteiger charge is 2.41. The number of rotatable bonds is 14. The molecule has 2 aromatic rings. The summed E-state index contributed by atoms with van der Waals surface area (Å²) in [6.45, 7) is 8.96. The van der Waals surface area contributed by atoms with Crippen LogP contribution < -0.4 is 15.0 Å². The van der Waals surface area contributed by atoms with E-state index in [0.717, 1.165) is 60.8 Å². The number of aliphatic hydroxyl groups is 1. The number of hydrogen-bond donors (Lipinski definition) is 2. The van der Waals surface area contributed by atoms with E-state index in [1.807, 2.05) is 30.3 Å². The summed E-state index contributed by atoms with van der Waals surface area (Å²) >= 11 is 0. The predicted octanol–water partition coefficient (Wildman–Crippen LogP) is 3.49. The first-order chi connectivity index (χ1) is 18.5. The van der Waals surface area contributed by atoms with Crippen LogP contribution >= 0.6 is 0 Å². The molecule has 4 rings (SSSR count). The number of methoxy groups -OCH3 is 2. The number of benzene rings is 2. The van der Waals surface area contributed by atoms with Crippen LogP contribution in [0.25, 0.3) is 0 Å². The molecule has 38 heavy (non-hydrogen) atoms. The van der Waals surface area contributed by atoms with E-state index in [1.165, 1.54) is 0 Å². The van der Waals surface area contributed by atoms with Gasteiger partial charge in [0.15, 0.2) is 0 Å². The average Bonchev–Trinajstić information content (AvgIpc) is 2.93. The zero-order valence-corrected chi connectivity index (χ0v) is 23.1. The van der Waals surface area contributed by atoms with Gasteiger partial charge in [-0.2, -0.15) is 0 Å². The SMILES string of the molecule is COCCCN1CCOc2ccc(CO[C@H]3CNCC[C@]3(O)c3ccc(COCC(C)COC)cc3)cc21. The number of anilines is 1. The Balaban J connectivity index is 1.38. The highest BCUT2D eigenvalue weighted by Crippen LogP contribution is 2.35. The summed E-state index contributed by atoms with van der Waals surface area (Å²) in [5, 5.41) is 15.2. The fraction of sp³-hybridized carbons (Fsp3) is 0.600. The molecule has 2 aromatic carbocycles. The van der Waals surface area contributed by atoms with Crippen molar-refractivity contribution in [3.8, 4) is 5.75 Å².